The Kier molecular flexibility index (Phi) is 5.64. The van der Waals surface area contributed by atoms with Crippen molar-refractivity contribution in [3.05, 3.63) is 17.8 Å². The number of thioether (sulfide) groups is 1. The molecule has 1 rings (SSSR count). The fourth-order valence-electron chi connectivity index (χ4n) is 1.50. The number of nitrogens with one attached hydrogen (secondary N) is 1. The van der Waals surface area contributed by atoms with Crippen LogP contribution >= 0.6 is 11.8 Å². The summed E-state index contributed by atoms with van der Waals surface area (Å²) < 4.78 is 13.8. The Morgan fingerprint density at radius 1 is 1.53 bits per heavy atom. The number of hydrogen-bond donors (Lipinski definition) is 2. The molecule has 0 aliphatic heterocycles. The van der Waals surface area contributed by atoms with Crippen LogP contribution in [-0.4, -0.2) is 39.2 Å². The molecule has 0 radical (unpaired) electrons. The Labute approximate surface area is 105 Å². The van der Waals surface area contributed by atoms with E-state index in [0.29, 0.717) is 12.1 Å². The molecule has 0 aromatic carbocycles. The van der Waals surface area contributed by atoms with Crippen molar-refractivity contribution in [2.24, 2.45) is 0 Å². The highest BCUT2D eigenvalue weighted by Crippen LogP contribution is 2.18. The highest BCUT2D eigenvalue weighted by Gasteiger charge is 2.18. The van der Waals surface area contributed by atoms with Gasteiger partial charge in [0, 0.05) is 11.3 Å². The number of hydrogen-bond acceptors (Lipinski definition) is 5. The van der Waals surface area contributed by atoms with Crippen LogP contribution < -0.4 is 5.32 Å². The summed E-state index contributed by atoms with van der Waals surface area (Å²) in [5.41, 5.74) is 0.402. The van der Waals surface area contributed by atoms with Crippen LogP contribution in [0.5, 0.6) is 0 Å². The summed E-state index contributed by atoms with van der Waals surface area (Å²) in [6.07, 6.45) is 3.79. The van der Waals surface area contributed by atoms with Gasteiger partial charge in [0.15, 0.2) is 11.6 Å². The molecule has 0 spiro atoms. The third-order valence-corrected chi connectivity index (χ3v) is 3.76. The number of rotatable bonds is 6. The zero-order valence-electron chi connectivity index (χ0n) is 10.3. The second-order valence-electron chi connectivity index (χ2n) is 3.73. The number of aromatic nitrogens is 2. The fraction of sp³-hybridized carbons (Fsp3) is 0.636. The number of aliphatic hydroxyl groups is 1. The Morgan fingerprint density at radius 2 is 2.24 bits per heavy atom. The van der Waals surface area contributed by atoms with Crippen LogP contribution in [0.15, 0.2) is 6.33 Å². The lowest BCUT2D eigenvalue weighted by Gasteiger charge is -2.22. The minimum absolute atomic E-state index is 0.00874. The number of anilines is 1. The first-order valence-electron chi connectivity index (χ1n) is 5.53. The van der Waals surface area contributed by atoms with Gasteiger partial charge < -0.3 is 10.4 Å². The van der Waals surface area contributed by atoms with Gasteiger partial charge in [0.2, 0.25) is 0 Å². The normalized spacial score (nSPS) is 14.4. The zero-order chi connectivity index (χ0) is 12.8. The topological polar surface area (TPSA) is 58.0 Å². The van der Waals surface area contributed by atoms with E-state index in [9.17, 15) is 4.39 Å². The molecule has 0 amide bonds. The highest BCUT2D eigenvalue weighted by molar-refractivity contribution is 7.99. The molecule has 17 heavy (non-hydrogen) atoms. The van der Waals surface area contributed by atoms with E-state index in [4.69, 9.17) is 5.11 Å². The largest absolute Gasteiger partial charge is 0.395 e. The lowest BCUT2D eigenvalue weighted by molar-refractivity contribution is 0.288. The average molecular weight is 259 g/mol. The van der Waals surface area contributed by atoms with Crippen molar-refractivity contribution in [1.82, 2.24) is 9.97 Å². The van der Waals surface area contributed by atoms with Crippen LogP contribution in [0.4, 0.5) is 10.2 Å². The molecular formula is C11H18FN3OS. The second-order valence-corrected chi connectivity index (χ2v) is 4.80. The van der Waals surface area contributed by atoms with E-state index in [1.807, 2.05) is 20.1 Å². The fourth-order valence-corrected chi connectivity index (χ4v) is 2.12. The predicted molar refractivity (Wildman–Crippen MR) is 68.8 cm³/mol. The third kappa shape index (κ3) is 3.54. The van der Waals surface area contributed by atoms with E-state index in [1.165, 1.54) is 18.1 Å². The van der Waals surface area contributed by atoms with Gasteiger partial charge >= 0.3 is 0 Å². The molecule has 4 nitrogen and oxygen atoms in total. The van der Waals surface area contributed by atoms with Crippen LogP contribution in [0, 0.1) is 5.82 Å². The van der Waals surface area contributed by atoms with E-state index in [2.05, 4.69) is 15.3 Å². The Balaban J connectivity index is 2.81. The van der Waals surface area contributed by atoms with Crippen molar-refractivity contribution in [1.29, 1.82) is 0 Å². The summed E-state index contributed by atoms with van der Waals surface area (Å²) in [7, 11) is 0. The molecule has 1 aromatic rings. The van der Waals surface area contributed by atoms with E-state index in [-0.39, 0.29) is 23.7 Å². The summed E-state index contributed by atoms with van der Waals surface area (Å²) in [6, 6.07) is -0.0656. The quantitative estimate of drug-likeness (QED) is 0.814. The lowest BCUT2D eigenvalue weighted by Crippen LogP contribution is -2.31. The highest BCUT2D eigenvalue weighted by atomic mass is 32.2. The van der Waals surface area contributed by atoms with Crippen LogP contribution in [0.25, 0.3) is 0 Å². The van der Waals surface area contributed by atoms with Gasteiger partial charge in [-0.1, -0.05) is 6.92 Å². The van der Waals surface area contributed by atoms with E-state index < -0.39 is 5.82 Å². The molecule has 0 bridgehead atoms. The van der Waals surface area contributed by atoms with Gasteiger partial charge in [0.05, 0.1) is 12.3 Å². The van der Waals surface area contributed by atoms with Gasteiger partial charge in [-0.2, -0.15) is 11.8 Å². The molecule has 0 aliphatic carbocycles. The van der Waals surface area contributed by atoms with Crippen molar-refractivity contribution < 1.29 is 9.50 Å². The van der Waals surface area contributed by atoms with E-state index >= 15 is 0 Å². The summed E-state index contributed by atoms with van der Waals surface area (Å²) in [6.45, 7) is 3.78. The second kappa shape index (κ2) is 6.76. The molecule has 0 fully saturated rings. The van der Waals surface area contributed by atoms with Gasteiger partial charge in [-0.25, -0.2) is 14.4 Å². The molecule has 6 heteroatoms. The minimum atomic E-state index is -0.403. The molecular weight excluding hydrogens is 241 g/mol. The molecule has 2 N–H and O–H groups in total. The lowest BCUT2D eigenvalue weighted by atomic mass is 10.2. The summed E-state index contributed by atoms with van der Waals surface area (Å²) in [5.74, 6) is -0.198. The zero-order valence-corrected chi connectivity index (χ0v) is 11.1. The summed E-state index contributed by atoms with van der Waals surface area (Å²) in [5, 5.41) is 12.1. The van der Waals surface area contributed by atoms with E-state index in [1.54, 1.807) is 0 Å². The molecule has 1 heterocycles. The molecule has 2 unspecified atom stereocenters. The van der Waals surface area contributed by atoms with Crippen LogP contribution in [-0.2, 0) is 6.42 Å². The first kappa shape index (κ1) is 14.2. The SMILES string of the molecule is CCc1ncnc(NC(C)C(CO)SC)c1F. The molecule has 0 aliphatic rings. The van der Waals surface area contributed by atoms with Crippen LogP contribution in [0.1, 0.15) is 19.5 Å². The third-order valence-electron chi connectivity index (χ3n) is 2.60. The number of halogens is 1. The number of aliphatic hydroxyl groups excluding tert-OH is 1. The van der Waals surface area contributed by atoms with Crippen molar-refractivity contribution >= 4 is 17.6 Å². The monoisotopic (exact) mass is 259 g/mol. The number of nitrogens with zero attached hydrogens (tertiary/aromatic N) is 2. The van der Waals surface area contributed by atoms with Gasteiger partial charge in [-0.3, -0.25) is 0 Å². The van der Waals surface area contributed by atoms with E-state index in [0.717, 1.165) is 0 Å². The summed E-state index contributed by atoms with van der Waals surface area (Å²) in [4.78, 5) is 7.76. The van der Waals surface area contributed by atoms with Crippen molar-refractivity contribution in [3.8, 4) is 0 Å². The predicted octanol–water partition coefficient (Wildman–Crippen LogP) is 1.70. The maximum Gasteiger partial charge on any atom is 0.186 e. The minimum Gasteiger partial charge on any atom is -0.395 e. The maximum atomic E-state index is 13.8. The first-order chi connectivity index (χ1) is 8.13. The smallest absolute Gasteiger partial charge is 0.186 e. The van der Waals surface area contributed by atoms with Crippen molar-refractivity contribution in [3.63, 3.8) is 0 Å². The van der Waals surface area contributed by atoms with Gasteiger partial charge in [0.1, 0.15) is 6.33 Å². The summed E-state index contributed by atoms with van der Waals surface area (Å²) >= 11 is 1.53. The van der Waals surface area contributed by atoms with Gasteiger partial charge in [-0.15, -0.1) is 0 Å². The Hall–Kier alpha value is -0.880. The average Bonchev–Trinajstić information content (AvgIpc) is 2.33. The molecule has 0 saturated carbocycles. The van der Waals surface area contributed by atoms with Gasteiger partial charge in [0.25, 0.3) is 0 Å². The van der Waals surface area contributed by atoms with Crippen molar-refractivity contribution in [2.45, 2.75) is 31.6 Å². The standard InChI is InChI=1S/C11H18FN3OS/c1-4-8-10(12)11(14-6-13-8)15-7(2)9(5-16)17-3/h6-7,9,16H,4-5H2,1-3H3,(H,13,14,15). The maximum absolute atomic E-state index is 13.8. The Morgan fingerprint density at radius 3 is 2.76 bits per heavy atom. The van der Waals surface area contributed by atoms with Crippen LogP contribution in [0.2, 0.25) is 0 Å². The van der Waals surface area contributed by atoms with Crippen LogP contribution in [0.3, 0.4) is 0 Å². The molecule has 1 aromatic heterocycles. The van der Waals surface area contributed by atoms with Crippen molar-refractivity contribution in [2.75, 3.05) is 18.2 Å². The molecule has 2 atom stereocenters. The molecule has 0 saturated heterocycles. The Bertz CT molecular complexity index is 361. The van der Waals surface area contributed by atoms with Gasteiger partial charge in [-0.05, 0) is 19.6 Å². The molecule has 96 valence electrons. The first-order valence-corrected chi connectivity index (χ1v) is 6.82. The number of aryl methyl sites for hydroxylation is 1.